The first-order chi connectivity index (χ1) is 10.5. The van der Waals surface area contributed by atoms with Crippen LogP contribution < -0.4 is 0 Å². The smallest absolute Gasteiger partial charge is 0.330 e. The minimum Gasteiger partial charge on any atom is -0.481 e. The summed E-state index contributed by atoms with van der Waals surface area (Å²) in [6, 6.07) is 0. The molecule has 1 fully saturated rings. The van der Waals surface area contributed by atoms with E-state index in [9.17, 15) is 9.90 Å². The quantitative estimate of drug-likeness (QED) is 0.588. The molecule has 0 aromatic carbocycles. The van der Waals surface area contributed by atoms with Crippen LogP contribution in [0.2, 0.25) is 0 Å². The maximum Gasteiger partial charge on any atom is 0.330 e. The van der Waals surface area contributed by atoms with Crippen molar-refractivity contribution in [2.24, 2.45) is 11.8 Å². The minimum atomic E-state index is -0.412. The number of hydrogen-bond donors (Lipinski definition) is 1. The van der Waals surface area contributed by atoms with E-state index in [4.69, 9.17) is 9.47 Å². The molecule has 22 heavy (non-hydrogen) atoms. The summed E-state index contributed by atoms with van der Waals surface area (Å²) in [6.45, 7) is 6.34. The molecule has 2 rings (SSSR count). The normalized spacial score (nSPS) is 27.4. The van der Waals surface area contributed by atoms with Crippen molar-refractivity contribution in [3.8, 4) is 0 Å². The molecule has 0 aromatic rings. The fraction of sp³-hybridized carbons (Fsp3) is 0.722. The molecule has 0 amide bonds. The summed E-state index contributed by atoms with van der Waals surface area (Å²) < 4.78 is 10.5. The lowest BCUT2D eigenvalue weighted by Gasteiger charge is -2.48. The van der Waals surface area contributed by atoms with Crippen LogP contribution in [0.4, 0.5) is 0 Å². The maximum absolute atomic E-state index is 11.3. The van der Waals surface area contributed by atoms with Crippen molar-refractivity contribution >= 4 is 5.97 Å². The van der Waals surface area contributed by atoms with Gasteiger partial charge in [0.25, 0.3) is 5.95 Å². The van der Waals surface area contributed by atoms with Crippen LogP contribution >= 0.6 is 0 Å². The van der Waals surface area contributed by atoms with Crippen LogP contribution in [0.1, 0.15) is 59.3 Å². The molecule has 1 aliphatic carbocycles. The van der Waals surface area contributed by atoms with Crippen LogP contribution in [0.5, 0.6) is 0 Å². The van der Waals surface area contributed by atoms with Crippen LogP contribution in [-0.2, 0) is 14.3 Å². The van der Waals surface area contributed by atoms with E-state index in [0.29, 0.717) is 12.5 Å². The largest absolute Gasteiger partial charge is 0.481 e. The Morgan fingerprint density at radius 3 is 2.73 bits per heavy atom. The van der Waals surface area contributed by atoms with Gasteiger partial charge in [0.1, 0.15) is 5.60 Å². The van der Waals surface area contributed by atoms with E-state index in [1.807, 2.05) is 6.08 Å². The van der Waals surface area contributed by atoms with Crippen molar-refractivity contribution in [3.05, 3.63) is 23.7 Å². The first kappa shape index (κ1) is 16.9. The molecule has 2 atom stereocenters. The minimum absolute atomic E-state index is 0.135. The third kappa shape index (κ3) is 3.47. The Kier molecular flexibility index (Phi) is 5.54. The third-order valence-corrected chi connectivity index (χ3v) is 5.06. The molecule has 1 heterocycles. The second-order valence-corrected chi connectivity index (χ2v) is 6.55. The van der Waals surface area contributed by atoms with Gasteiger partial charge in [0, 0.05) is 12.0 Å². The van der Waals surface area contributed by atoms with Gasteiger partial charge in [-0.15, -0.1) is 0 Å². The Labute approximate surface area is 133 Å². The molecule has 2 aliphatic rings. The van der Waals surface area contributed by atoms with E-state index in [-0.39, 0.29) is 17.8 Å². The Hall–Kier alpha value is -1.45. The van der Waals surface area contributed by atoms with Crippen LogP contribution in [-0.4, -0.2) is 23.3 Å². The fourth-order valence-electron chi connectivity index (χ4n) is 3.60. The molecule has 0 saturated heterocycles. The average molecular weight is 308 g/mol. The van der Waals surface area contributed by atoms with E-state index in [1.54, 1.807) is 6.92 Å². The highest BCUT2D eigenvalue weighted by molar-refractivity contribution is 5.81. The number of aliphatic hydroxyl groups excluding tert-OH is 1. The van der Waals surface area contributed by atoms with E-state index in [2.05, 4.69) is 13.8 Å². The van der Waals surface area contributed by atoms with Gasteiger partial charge in [0.05, 0.1) is 12.2 Å². The number of carbonyl (C=O) groups excluding carboxylic acids is 1. The van der Waals surface area contributed by atoms with Gasteiger partial charge in [0.2, 0.25) is 0 Å². The molecule has 4 heteroatoms. The van der Waals surface area contributed by atoms with Crippen molar-refractivity contribution in [2.75, 3.05) is 6.61 Å². The van der Waals surface area contributed by atoms with E-state index >= 15 is 0 Å². The third-order valence-electron chi connectivity index (χ3n) is 5.06. The molecule has 1 saturated carbocycles. The van der Waals surface area contributed by atoms with Gasteiger partial charge >= 0.3 is 5.97 Å². The zero-order chi connectivity index (χ0) is 16.2. The molecular weight excluding hydrogens is 280 g/mol. The van der Waals surface area contributed by atoms with Crippen LogP contribution in [0.25, 0.3) is 0 Å². The van der Waals surface area contributed by atoms with Gasteiger partial charge in [-0.25, -0.2) is 4.79 Å². The average Bonchev–Trinajstić information content (AvgIpc) is 2.47. The van der Waals surface area contributed by atoms with Gasteiger partial charge in [-0.05, 0) is 39.0 Å². The van der Waals surface area contributed by atoms with Gasteiger partial charge in [-0.3, -0.25) is 0 Å². The number of carbonyl (C=O) groups is 1. The number of esters is 1. The van der Waals surface area contributed by atoms with E-state index < -0.39 is 5.60 Å². The lowest BCUT2D eigenvalue weighted by atomic mass is 9.69. The van der Waals surface area contributed by atoms with Crippen LogP contribution in [0.3, 0.4) is 0 Å². The van der Waals surface area contributed by atoms with Crippen molar-refractivity contribution in [2.45, 2.75) is 64.9 Å². The Morgan fingerprint density at radius 2 is 2.14 bits per heavy atom. The predicted molar refractivity (Wildman–Crippen MR) is 85.3 cm³/mol. The molecule has 0 radical (unpaired) electrons. The Balaban J connectivity index is 1.96. The number of ether oxygens (including phenoxy) is 2. The van der Waals surface area contributed by atoms with Crippen LogP contribution in [0.15, 0.2) is 23.7 Å². The summed E-state index contributed by atoms with van der Waals surface area (Å²) in [6.07, 6.45) is 10.1. The molecule has 4 nitrogen and oxygen atoms in total. The summed E-state index contributed by atoms with van der Waals surface area (Å²) in [5.41, 5.74) is 0.676. The summed E-state index contributed by atoms with van der Waals surface area (Å²) in [5, 5.41) is 9.99. The Bertz CT molecular complexity index is 460. The lowest BCUT2D eigenvalue weighted by molar-refractivity contribution is -0.137. The summed E-state index contributed by atoms with van der Waals surface area (Å²) in [5.74, 6) is 0.478. The SMILES string of the molecule is CCOC(=O)/C=C/CC(C)C1(C)OC(O)=C1C1CCCCC1. The molecule has 1 aliphatic heterocycles. The van der Waals surface area contributed by atoms with E-state index in [0.717, 1.165) is 24.8 Å². The zero-order valence-electron chi connectivity index (χ0n) is 13.9. The van der Waals surface area contributed by atoms with E-state index in [1.165, 1.54) is 25.3 Å². The standard InChI is InChI=1S/C18H28O4/c1-4-21-15(19)12-8-9-13(2)18(3)16(17(20)22-18)14-10-6-5-7-11-14/h8,12-14,20H,4-7,9-11H2,1-3H3/b12-8+. The number of rotatable bonds is 6. The highest BCUT2D eigenvalue weighted by atomic mass is 16.6. The summed E-state index contributed by atoms with van der Waals surface area (Å²) in [7, 11) is 0. The van der Waals surface area contributed by atoms with Gasteiger partial charge in [-0.1, -0.05) is 32.3 Å². The lowest BCUT2D eigenvalue weighted by Crippen LogP contribution is -2.49. The topological polar surface area (TPSA) is 55.8 Å². The predicted octanol–water partition coefficient (Wildman–Crippen LogP) is 4.27. The molecule has 0 aromatic heterocycles. The van der Waals surface area contributed by atoms with Gasteiger partial charge in [0.15, 0.2) is 0 Å². The molecule has 0 bridgehead atoms. The van der Waals surface area contributed by atoms with Crippen molar-refractivity contribution in [1.29, 1.82) is 0 Å². The Morgan fingerprint density at radius 1 is 1.45 bits per heavy atom. The highest BCUT2D eigenvalue weighted by Gasteiger charge is 2.50. The molecule has 124 valence electrons. The second-order valence-electron chi connectivity index (χ2n) is 6.55. The summed E-state index contributed by atoms with van der Waals surface area (Å²) >= 11 is 0. The number of aliphatic hydroxyl groups is 1. The zero-order valence-corrected chi connectivity index (χ0v) is 13.9. The summed E-state index contributed by atoms with van der Waals surface area (Å²) in [4.78, 5) is 11.3. The maximum atomic E-state index is 11.3. The number of hydrogen-bond acceptors (Lipinski definition) is 4. The van der Waals surface area contributed by atoms with Gasteiger partial charge < -0.3 is 14.6 Å². The van der Waals surface area contributed by atoms with Crippen molar-refractivity contribution in [3.63, 3.8) is 0 Å². The first-order valence-corrected chi connectivity index (χ1v) is 8.45. The van der Waals surface area contributed by atoms with Crippen molar-refractivity contribution < 1.29 is 19.4 Å². The second kappa shape index (κ2) is 7.21. The molecule has 0 spiro atoms. The molecular formula is C18H28O4. The van der Waals surface area contributed by atoms with Crippen LogP contribution in [0, 0.1) is 11.8 Å². The molecule has 1 N–H and O–H groups in total. The van der Waals surface area contributed by atoms with Gasteiger partial charge in [-0.2, -0.15) is 0 Å². The monoisotopic (exact) mass is 308 g/mol. The van der Waals surface area contributed by atoms with Crippen molar-refractivity contribution in [1.82, 2.24) is 0 Å². The fourth-order valence-corrected chi connectivity index (χ4v) is 3.60. The first-order valence-electron chi connectivity index (χ1n) is 8.45. The molecule has 2 unspecified atom stereocenters. The highest BCUT2D eigenvalue weighted by Crippen LogP contribution is 2.50. The number of allylic oxidation sites excluding steroid dienone is 1.